The van der Waals surface area contributed by atoms with Crippen LogP contribution >= 0.6 is 16.3 Å². The van der Waals surface area contributed by atoms with Crippen LogP contribution in [-0.4, -0.2) is 43.9 Å². The molecule has 0 bridgehead atoms. The molecule has 0 aliphatic rings. The molecule has 18 heavy (non-hydrogen) atoms. The quantitative estimate of drug-likeness (QED) is 0.323. The zero-order valence-electron chi connectivity index (χ0n) is 11.8. The van der Waals surface area contributed by atoms with Crippen LogP contribution in [0.15, 0.2) is 4.99 Å². The fourth-order valence-electron chi connectivity index (χ4n) is 1.45. The number of unbranched alkanes of at least 4 members (excludes halogenated alkanes) is 2. The molecule has 0 rings (SSSR count). The molecule has 0 heterocycles. The second-order valence-electron chi connectivity index (χ2n) is 4.54. The first-order valence-corrected chi connectivity index (χ1v) is 10.1. The van der Waals surface area contributed by atoms with Crippen molar-refractivity contribution in [3.05, 3.63) is 0 Å². The van der Waals surface area contributed by atoms with Gasteiger partial charge in [0.15, 0.2) is 0 Å². The Kier molecular flexibility index (Phi) is 13.5. The van der Waals surface area contributed by atoms with Gasteiger partial charge in [0.2, 0.25) is 0 Å². The minimum absolute atomic E-state index is 0.340. The van der Waals surface area contributed by atoms with E-state index >= 15 is 0 Å². The molecule has 3 unspecified atom stereocenters. The van der Waals surface area contributed by atoms with Gasteiger partial charge in [-0.05, 0) is 44.5 Å². The number of aliphatic imine (C=N–C) groups is 1. The third-order valence-electron chi connectivity index (χ3n) is 2.68. The maximum Gasteiger partial charge on any atom is 0.0552 e. The van der Waals surface area contributed by atoms with Gasteiger partial charge >= 0.3 is 0 Å². The smallest absolute Gasteiger partial charge is 0.0552 e. The average molecular weight is 289 g/mol. The second kappa shape index (κ2) is 13.5. The Labute approximate surface area is 115 Å². The Balaban J connectivity index is 3.27. The summed E-state index contributed by atoms with van der Waals surface area (Å²) in [6.07, 6.45) is 15.1. The summed E-state index contributed by atoms with van der Waals surface area (Å²) in [5.74, 6) is 0.340. The minimum Gasteiger partial charge on any atom is -0.313 e. The summed E-state index contributed by atoms with van der Waals surface area (Å²) in [4.78, 5) is 4.22. The molecule has 0 saturated heterocycles. The number of hydrogen-bond acceptors (Lipinski definition) is 3. The van der Waals surface area contributed by atoms with Gasteiger partial charge in [-0.2, -0.15) is 0 Å². The molecule has 0 spiro atoms. The fourth-order valence-corrected chi connectivity index (χ4v) is 3.89. The predicted octanol–water partition coefficient (Wildman–Crippen LogP) is 3.32. The summed E-state index contributed by atoms with van der Waals surface area (Å²) in [5.41, 5.74) is 0. The largest absolute Gasteiger partial charge is 0.313 e. The topological polar surface area (TPSA) is 48.2 Å². The van der Waals surface area contributed by atoms with Crippen LogP contribution in [0, 0.1) is 11.3 Å². The maximum atomic E-state index is 7.13. The fraction of sp³-hybridized carbons (Fsp3) is 0.769. The van der Waals surface area contributed by atoms with E-state index in [0.29, 0.717) is 5.92 Å². The first kappa shape index (κ1) is 18.0. The third-order valence-corrected chi connectivity index (χ3v) is 5.45. The van der Waals surface area contributed by atoms with Crippen molar-refractivity contribution in [1.29, 1.82) is 5.41 Å². The molecule has 5 heteroatoms. The highest BCUT2D eigenvalue weighted by Gasteiger charge is 1.98. The standard InChI is InChI=1S/C13H29N3P2/c1-4-15-12-17-8-6-5-7-9-18(3)16-11-13(2)10-14/h4,10,13-14,16-18H,3,5-9,11-12H2,1-2H3/b14-10?,15-4-. The van der Waals surface area contributed by atoms with Crippen LogP contribution in [-0.2, 0) is 0 Å². The van der Waals surface area contributed by atoms with E-state index < -0.39 is 7.70 Å². The highest BCUT2D eigenvalue weighted by molar-refractivity contribution is 7.53. The van der Waals surface area contributed by atoms with Crippen molar-refractivity contribution < 1.29 is 0 Å². The molecule has 2 N–H and O–H groups in total. The predicted molar refractivity (Wildman–Crippen MR) is 92.3 cm³/mol. The van der Waals surface area contributed by atoms with Crippen molar-refractivity contribution in [3.63, 3.8) is 0 Å². The van der Waals surface area contributed by atoms with Crippen molar-refractivity contribution in [2.45, 2.75) is 33.1 Å². The van der Waals surface area contributed by atoms with E-state index in [1.54, 1.807) is 0 Å². The molecule has 0 saturated carbocycles. The van der Waals surface area contributed by atoms with Crippen LogP contribution in [0.2, 0.25) is 0 Å². The monoisotopic (exact) mass is 289 g/mol. The normalized spacial score (nSPS) is 15.4. The van der Waals surface area contributed by atoms with Crippen molar-refractivity contribution in [2.24, 2.45) is 10.9 Å². The van der Waals surface area contributed by atoms with Gasteiger partial charge in [-0.25, -0.2) is 0 Å². The van der Waals surface area contributed by atoms with Crippen molar-refractivity contribution in [3.8, 4) is 0 Å². The molecule has 0 amide bonds. The molecule has 0 aliphatic heterocycles. The highest BCUT2D eigenvalue weighted by atomic mass is 31.1. The van der Waals surface area contributed by atoms with Crippen LogP contribution in [0.1, 0.15) is 33.1 Å². The van der Waals surface area contributed by atoms with E-state index in [1.807, 2.05) is 13.1 Å². The Bertz CT molecular complexity index is 255. The van der Waals surface area contributed by atoms with Crippen LogP contribution in [0.4, 0.5) is 0 Å². The van der Waals surface area contributed by atoms with Gasteiger partial charge in [0.25, 0.3) is 0 Å². The summed E-state index contributed by atoms with van der Waals surface area (Å²) >= 11 is 0. The molecule has 0 aromatic carbocycles. The van der Waals surface area contributed by atoms with Gasteiger partial charge in [-0.1, -0.05) is 35.9 Å². The van der Waals surface area contributed by atoms with Crippen LogP contribution < -0.4 is 5.09 Å². The van der Waals surface area contributed by atoms with Gasteiger partial charge in [-0.3, -0.25) is 10.1 Å². The average Bonchev–Trinajstić information content (AvgIpc) is 2.39. The lowest BCUT2D eigenvalue weighted by atomic mass is 10.2. The first-order valence-electron chi connectivity index (χ1n) is 6.78. The molecule has 3 nitrogen and oxygen atoms in total. The van der Waals surface area contributed by atoms with Gasteiger partial charge in [-0.15, -0.1) is 0 Å². The molecular weight excluding hydrogens is 260 g/mol. The Morgan fingerprint density at radius 2 is 2.22 bits per heavy atom. The number of nitrogens with one attached hydrogen (secondary N) is 2. The lowest BCUT2D eigenvalue weighted by Crippen LogP contribution is -2.15. The van der Waals surface area contributed by atoms with Gasteiger partial charge in [0.05, 0.1) is 6.29 Å². The molecule has 0 radical (unpaired) electrons. The molecule has 0 fully saturated rings. The summed E-state index contributed by atoms with van der Waals surface area (Å²) in [5, 5.41) is 10.6. The Morgan fingerprint density at radius 3 is 2.89 bits per heavy atom. The molecule has 3 atom stereocenters. The van der Waals surface area contributed by atoms with E-state index in [0.717, 1.165) is 21.4 Å². The lowest BCUT2D eigenvalue weighted by Gasteiger charge is -2.11. The molecule has 106 valence electrons. The van der Waals surface area contributed by atoms with E-state index in [-0.39, 0.29) is 0 Å². The summed E-state index contributed by atoms with van der Waals surface area (Å²) in [6.45, 7) is 4.96. The van der Waals surface area contributed by atoms with Crippen molar-refractivity contribution in [2.75, 3.05) is 25.2 Å². The summed E-state index contributed by atoms with van der Waals surface area (Å²) in [7, 11) is 0.376. The molecule has 0 aromatic heterocycles. The van der Waals surface area contributed by atoms with E-state index in [9.17, 15) is 0 Å². The third kappa shape index (κ3) is 12.5. The Morgan fingerprint density at radius 1 is 1.44 bits per heavy atom. The molecular formula is C13H29N3P2. The lowest BCUT2D eigenvalue weighted by molar-refractivity contribution is 0.745. The molecule has 0 aliphatic carbocycles. The van der Waals surface area contributed by atoms with E-state index in [4.69, 9.17) is 5.41 Å². The minimum atomic E-state index is -0.620. The van der Waals surface area contributed by atoms with Gasteiger partial charge < -0.3 is 5.41 Å². The second-order valence-corrected chi connectivity index (χ2v) is 7.91. The van der Waals surface area contributed by atoms with Crippen LogP contribution in [0.5, 0.6) is 0 Å². The zero-order chi connectivity index (χ0) is 13.6. The first-order chi connectivity index (χ1) is 8.70. The highest BCUT2D eigenvalue weighted by Crippen LogP contribution is 2.19. The Hall–Kier alpha value is 0.0300. The SMILES string of the molecule is C=[PH](CCCCCPC/N=C\C)NCC(C)C=N. The van der Waals surface area contributed by atoms with Crippen molar-refractivity contribution >= 4 is 35.0 Å². The van der Waals surface area contributed by atoms with E-state index in [2.05, 4.69) is 23.3 Å². The van der Waals surface area contributed by atoms with Crippen LogP contribution in [0.25, 0.3) is 0 Å². The summed E-state index contributed by atoms with van der Waals surface area (Å²) in [6, 6.07) is 0. The number of rotatable bonds is 12. The number of hydrogen-bond donors (Lipinski definition) is 2. The maximum absolute atomic E-state index is 7.13. The van der Waals surface area contributed by atoms with Crippen molar-refractivity contribution in [1.82, 2.24) is 5.09 Å². The molecule has 0 aromatic rings. The summed E-state index contributed by atoms with van der Waals surface area (Å²) < 4.78 is 0. The zero-order valence-corrected chi connectivity index (χ0v) is 13.8. The van der Waals surface area contributed by atoms with Gasteiger partial charge in [0, 0.05) is 12.5 Å². The number of nitrogens with zero attached hydrogens (tertiary/aromatic N) is 1. The van der Waals surface area contributed by atoms with Gasteiger partial charge in [0.1, 0.15) is 0 Å². The van der Waals surface area contributed by atoms with Crippen LogP contribution in [0.3, 0.4) is 0 Å². The van der Waals surface area contributed by atoms with E-state index in [1.165, 1.54) is 37.8 Å².